The Bertz CT molecular complexity index is 436. The van der Waals surface area contributed by atoms with Crippen molar-refractivity contribution in [1.82, 2.24) is 10.6 Å². The Hall–Kier alpha value is -1.22. The zero-order valence-corrected chi connectivity index (χ0v) is 12.4. The van der Waals surface area contributed by atoms with Gasteiger partial charge in [0, 0.05) is 10.6 Å². The average molecular weight is 269 g/mol. The topological polar surface area (TPSA) is 41.1 Å². The molecule has 0 atom stereocenters. The number of hydrogen-bond acceptors (Lipinski definition) is 1. The van der Waals surface area contributed by atoms with Crippen LogP contribution in [-0.4, -0.2) is 11.6 Å². The van der Waals surface area contributed by atoms with Gasteiger partial charge in [0.2, 0.25) is 0 Å². The third-order valence-electron chi connectivity index (χ3n) is 2.46. The van der Waals surface area contributed by atoms with Crippen LogP contribution >= 0.6 is 11.6 Å². The molecule has 0 aliphatic heterocycles. The third-order valence-corrected chi connectivity index (χ3v) is 2.79. The fourth-order valence-corrected chi connectivity index (χ4v) is 2.06. The van der Waals surface area contributed by atoms with Crippen molar-refractivity contribution < 1.29 is 4.79 Å². The Morgan fingerprint density at radius 2 is 1.61 bits per heavy atom. The fraction of sp³-hybridized carbons (Fsp3) is 0.500. The number of amides is 2. The number of hydrogen-bond donors (Lipinski definition) is 2. The van der Waals surface area contributed by atoms with Gasteiger partial charge in [-0.2, -0.15) is 0 Å². The van der Waals surface area contributed by atoms with Crippen LogP contribution in [-0.2, 0) is 5.54 Å². The standard InChI is InChI=1S/C14H21ClN2O/c1-13(2,3)16-12(18)17-14(4,5)10-8-6-7-9-11(10)15/h6-9H,1-5H3,(H2,16,17,18). The summed E-state index contributed by atoms with van der Waals surface area (Å²) >= 11 is 6.15. The maximum Gasteiger partial charge on any atom is 0.315 e. The van der Waals surface area contributed by atoms with Crippen LogP contribution in [0.4, 0.5) is 4.79 Å². The highest BCUT2D eigenvalue weighted by Crippen LogP contribution is 2.27. The Labute approximate surface area is 114 Å². The summed E-state index contributed by atoms with van der Waals surface area (Å²) in [4.78, 5) is 11.9. The van der Waals surface area contributed by atoms with Crippen LogP contribution in [0.3, 0.4) is 0 Å². The first-order chi connectivity index (χ1) is 8.12. The molecule has 0 saturated heterocycles. The SMILES string of the molecule is CC(C)(C)NC(=O)NC(C)(C)c1ccccc1Cl. The van der Waals surface area contributed by atoms with Crippen LogP contribution < -0.4 is 10.6 Å². The summed E-state index contributed by atoms with van der Waals surface area (Å²) in [5, 5.41) is 6.46. The number of nitrogens with one attached hydrogen (secondary N) is 2. The van der Waals surface area contributed by atoms with Gasteiger partial charge in [-0.25, -0.2) is 4.79 Å². The van der Waals surface area contributed by atoms with Gasteiger partial charge in [-0.05, 0) is 46.2 Å². The minimum absolute atomic E-state index is 0.201. The highest BCUT2D eigenvalue weighted by molar-refractivity contribution is 6.31. The van der Waals surface area contributed by atoms with Crippen LogP contribution in [0.15, 0.2) is 24.3 Å². The molecule has 1 aromatic rings. The van der Waals surface area contributed by atoms with Crippen LogP contribution in [0.25, 0.3) is 0 Å². The van der Waals surface area contributed by atoms with Gasteiger partial charge in [0.15, 0.2) is 0 Å². The van der Waals surface area contributed by atoms with E-state index in [0.717, 1.165) is 5.56 Å². The minimum atomic E-state index is -0.520. The number of carbonyl (C=O) groups excluding carboxylic acids is 1. The summed E-state index contributed by atoms with van der Waals surface area (Å²) in [6.07, 6.45) is 0. The molecule has 18 heavy (non-hydrogen) atoms. The summed E-state index contributed by atoms with van der Waals surface area (Å²) < 4.78 is 0. The molecule has 1 rings (SSSR count). The van der Waals surface area contributed by atoms with Crippen molar-refractivity contribution >= 4 is 17.6 Å². The van der Waals surface area contributed by atoms with E-state index in [2.05, 4.69) is 10.6 Å². The van der Waals surface area contributed by atoms with Gasteiger partial charge >= 0.3 is 6.03 Å². The van der Waals surface area contributed by atoms with Crippen molar-refractivity contribution in [3.63, 3.8) is 0 Å². The molecule has 0 heterocycles. The van der Waals surface area contributed by atoms with Gasteiger partial charge in [0.05, 0.1) is 5.54 Å². The Balaban J connectivity index is 2.83. The van der Waals surface area contributed by atoms with Crippen molar-refractivity contribution in [3.8, 4) is 0 Å². The van der Waals surface area contributed by atoms with Crippen LogP contribution in [0.5, 0.6) is 0 Å². The van der Waals surface area contributed by atoms with E-state index >= 15 is 0 Å². The van der Waals surface area contributed by atoms with Gasteiger partial charge in [0.1, 0.15) is 0 Å². The number of benzene rings is 1. The van der Waals surface area contributed by atoms with E-state index in [9.17, 15) is 4.79 Å². The van der Waals surface area contributed by atoms with E-state index in [4.69, 9.17) is 11.6 Å². The predicted octanol–water partition coefficient (Wildman–Crippen LogP) is 3.67. The molecule has 0 spiro atoms. The molecular weight excluding hydrogens is 248 g/mol. The largest absolute Gasteiger partial charge is 0.334 e. The van der Waals surface area contributed by atoms with Crippen molar-refractivity contribution in [2.45, 2.75) is 45.7 Å². The van der Waals surface area contributed by atoms with E-state index in [1.165, 1.54) is 0 Å². The lowest BCUT2D eigenvalue weighted by molar-refractivity contribution is 0.221. The first-order valence-corrected chi connectivity index (χ1v) is 6.35. The Morgan fingerprint density at radius 3 is 2.11 bits per heavy atom. The maximum atomic E-state index is 11.9. The molecule has 0 aromatic heterocycles. The summed E-state index contributed by atoms with van der Waals surface area (Å²) in [5.74, 6) is 0. The number of carbonyl (C=O) groups is 1. The molecule has 2 N–H and O–H groups in total. The van der Waals surface area contributed by atoms with E-state index in [1.807, 2.05) is 58.9 Å². The first-order valence-electron chi connectivity index (χ1n) is 5.97. The first kappa shape index (κ1) is 14.8. The molecule has 2 amide bonds. The summed E-state index contributed by atoms with van der Waals surface area (Å²) in [6, 6.07) is 7.32. The molecule has 100 valence electrons. The molecule has 0 radical (unpaired) electrons. The van der Waals surface area contributed by atoms with Gasteiger partial charge < -0.3 is 10.6 Å². The molecule has 1 aromatic carbocycles. The molecule has 0 fully saturated rings. The summed E-state index contributed by atoms with van der Waals surface area (Å²) in [6.45, 7) is 9.67. The maximum absolute atomic E-state index is 11.9. The molecule has 0 unspecified atom stereocenters. The molecular formula is C14H21ClN2O. The van der Waals surface area contributed by atoms with E-state index in [-0.39, 0.29) is 11.6 Å². The monoisotopic (exact) mass is 268 g/mol. The highest BCUT2D eigenvalue weighted by Gasteiger charge is 2.26. The molecule has 0 saturated carbocycles. The second-order valence-electron chi connectivity index (χ2n) is 5.93. The Kier molecular flexibility index (Phi) is 4.28. The molecule has 3 nitrogen and oxygen atoms in total. The van der Waals surface area contributed by atoms with Crippen molar-refractivity contribution in [2.24, 2.45) is 0 Å². The normalized spacial score (nSPS) is 12.1. The lowest BCUT2D eigenvalue weighted by atomic mass is 9.94. The quantitative estimate of drug-likeness (QED) is 0.844. The van der Waals surface area contributed by atoms with Crippen molar-refractivity contribution in [1.29, 1.82) is 0 Å². The second-order valence-corrected chi connectivity index (χ2v) is 6.34. The van der Waals surface area contributed by atoms with Crippen molar-refractivity contribution in [3.05, 3.63) is 34.9 Å². The molecule has 0 aliphatic rings. The molecule has 0 bridgehead atoms. The second kappa shape index (κ2) is 5.19. The highest BCUT2D eigenvalue weighted by atomic mass is 35.5. The predicted molar refractivity (Wildman–Crippen MR) is 75.9 cm³/mol. The van der Waals surface area contributed by atoms with Crippen LogP contribution in [0.2, 0.25) is 5.02 Å². The van der Waals surface area contributed by atoms with Gasteiger partial charge in [-0.15, -0.1) is 0 Å². The number of halogens is 1. The van der Waals surface area contributed by atoms with Gasteiger partial charge in [-0.1, -0.05) is 29.8 Å². The summed E-state index contributed by atoms with van der Waals surface area (Å²) in [7, 11) is 0. The van der Waals surface area contributed by atoms with Crippen LogP contribution in [0.1, 0.15) is 40.2 Å². The zero-order chi connectivity index (χ0) is 14.0. The molecule has 4 heteroatoms. The minimum Gasteiger partial charge on any atom is -0.334 e. The van der Waals surface area contributed by atoms with Crippen LogP contribution in [0, 0.1) is 0 Å². The van der Waals surface area contributed by atoms with E-state index in [0.29, 0.717) is 5.02 Å². The van der Waals surface area contributed by atoms with Gasteiger partial charge in [0.25, 0.3) is 0 Å². The zero-order valence-electron chi connectivity index (χ0n) is 11.6. The number of urea groups is 1. The average Bonchev–Trinajstić information content (AvgIpc) is 2.13. The van der Waals surface area contributed by atoms with E-state index < -0.39 is 5.54 Å². The Morgan fingerprint density at radius 1 is 1.06 bits per heavy atom. The fourth-order valence-electron chi connectivity index (χ4n) is 1.69. The van der Waals surface area contributed by atoms with Crippen molar-refractivity contribution in [2.75, 3.05) is 0 Å². The third kappa shape index (κ3) is 4.22. The van der Waals surface area contributed by atoms with E-state index in [1.54, 1.807) is 0 Å². The van der Waals surface area contributed by atoms with Gasteiger partial charge in [-0.3, -0.25) is 0 Å². The lowest BCUT2D eigenvalue weighted by Gasteiger charge is -2.30. The molecule has 0 aliphatic carbocycles. The number of rotatable bonds is 2. The smallest absolute Gasteiger partial charge is 0.315 e. The summed E-state index contributed by atoms with van der Waals surface area (Å²) in [5.41, 5.74) is 0.115. The lowest BCUT2D eigenvalue weighted by Crippen LogP contribution is -2.52.